The summed E-state index contributed by atoms with van der Waals surface area (Å²) in [5, 5.41) is 4.90. The second-order valence-electron chi connectivity index (χ2n) is 22.3. The molecule has 3 aromatic heterocycles. The second kappa shape index (κ2) is 13.0. The van der Waals surface area contributed by atoms with Gasteiger partial charge in [0.25, 0.3) is 0 Å². The van der Waals surface area contributed by atoms with Gasteiger partial charge >= 0.3 is 8.88 Å². The average molecular weight is 881 g/mol. The Morgan fingerprint density at radius 3 is 1.89 bits per heavy atom. The van der Waals surface area contributed by atoms with Crippen LogP contribution in [0.5, 0.6) is 0 Å². The zero-order chi connectivity index (χ0) is 42.2. The number of aliphatic imine (C=N–C) groups is 7. The van der Waals surface area contributed by atoms with Crippen molar-refractivity contribution in [1.82, 2.24) is 24.1 Å². The predicted octanol–water partition coefficient (Wildman–Crippen LogP) is 8.68. The number of hydrogen-bond acceptors (Lipinski definition) is 13. The summed E-state index contributed by atoms with van der Waals surface area (Å²) in [6.07, 6.45) is 25.8. The van der Waals surface area contributed by atoms with Gasteiger partial charge in [-0.05, 0) is 173 Å². The molecule has 1 atom stereocenters. The lowest BCUT2D eigenvalue weighted by Gasteiger charge is -2.58. The molecule has 15 heteroatoms. The van der Waals surface area contributed by atoms with Gasteiger partial charge in [0.2, 0.25) is 0 Å². The molecule has 8 fully saturated rings. The van der Waals surface area contributed by atoms with Crippen molar-refractivity contribution in [3.63, 3.8) is 0 Å². The molecule has 3 aromatic rings. The molecule has 10 heterocycles. The summed E-state index contributed by atoms with van der Waals surface area (Å²) < 4.78 is 21.4. The Hall–Kier alpha value is -5.25. The van der Waals surface area contributed by atoms with E-state index in [1.807, 2.05) is 37.0 Å². The van der Waals surface area contributed by atoms with Crippen LogP contribution in [0.3, 0.4) is 0 Å². The summed E-state index contributed by atoms with van der Waals surface area (Å²) in [5.41, 5.74) is 6.29. The Labute approximate surface area is 378 Å². The largest absolute Gasteiger partial charge is 0.599 e. The number of fused-ring (bicyclic) bond motifs is 12. The van der Waals surface area contributed by atoms with Crippen LogP contribution in [0, 0.1) is 46.3 Å². The van der Waals surface area contributed by atoms with Crippen LogP contribution in [0.15, 0.2) is 94.1 Å². The van der Waals surface area contributed by atoms with Gasteiger partial charge in [-0.25, -0.2) is 25.0 Å². The first-order chi connectivity index (χ1) is 32.0. The summed E-state index contributed by atoms with van der Waals surface area (Å²) in [6.45, 7) is 1.19. The van der Waals surface area contributed by atoms with E-state index >= 15 is 0 Å². The SMILES string of the molecule is C1=NC2=C(CC1)/C1=N/c3c4ncccc4c4n3[Si](OCC35CC6CC(CC(C6)C3)C5)(OCC35CC6CC(CC(C6)C3)C5)N3/C(=N\C2=N1)c1cccnc1C3NC1=N/C(=N\4)C2=C1CCC=N2. The summed E-state index contributed by atoms with van der Waals surface area (Å²) >= 11 is 0. The van der Waals surface area contributed by atoms with Gasteiger partial charge in [0.05, 0.1) is 5.69 Å². The van der Waals surface area contributed by atoms with Crippen molar-refractivity contribution in [2.45, 2.75) is 109 Å². The summed E-state index contributed by atoms with van der Waals surface area (Å²) in [7, 11) is -4.21. The van der Waals surface area contributed by atoms with Crippen LogP contribution in [0.2, 0.25) is 0 Å². The van der Waals surface area contributed by atoms with Crippen LogP contribution in [-0.4, -0.2) is 82.5 Å². The van der Waals surface area contributed by atoms with Crippen molar-refractivity contribution < 1.29 is 8.85 Å². The van der Waals surface area contributed by atoms with Gasteiger partial charge in [-0.3, -0.25) is 28.8 Å². The van der Waals surface area contributed by atoms with Gasteiger partial charge in [0.1, 0.15) is 40.6 Å². The standard InChI is InChI=1S/C50H52N12O2Si/c1-5-33-37(51-9-1)43-55-41(33)57-47-39-35(7-3-11-53-39)46-60-44-38-34(6-2-10-52-38)42(56-44)58-48-40-36(8-4-12-54-40)45(59-43)62(48)65(61(46)47,63-25-49-19-27-13-28(20-49)15-29(14-27)21-49)64-26-50-22-30-16-31(23-50)18-32(17-30)24-50/h3-4,7-12,27-32,47H,1-2,5-6,13-26H2,(H,55,57,59)/b58-42-,60-46-. The minimum atomic E-state index is -4.21. The van der Waals surface area contributed by atoms with Crippen molar-refractivity contribution in [1.29, 1.82) is 0 Å². The molecule has 18 rings (SSSR count). The maximum absolute atomic E-state index is 8.34. The molecular formula is C50H52N12O2Si. The minimum absolute atomic E-state index is 0.0656. The van der Waals surface area contributed by atoms with E-state index in [0.29, 0.717) is 42.4 Å². The molecule has 0 radical (unpaired) electrons. The van der Waals surface area contributed by atoms with E-state index in [0.717, 1.165) is 118 Å². The molecule has 1 N–H and O–H groups in total. The zero-order valence-electron chi connectivity index (χ0n) is 36.6. The fourth-order valence-corrected chi connectivity index (χ4v) is 20.0. The molecule has 8 aliphatic carbocycles. The van der Waals surface area contributed by atoms with Crippen molar-refractivity contribution in [2.75, 3.05) is 13.2 Å². The van der Waals surface area contributed by atoms with E-state index < -0.39 is 15.0 Å². The number of nitrogens with zero attached hydrogens (tertiary/aromatic N) is 11. The lowest BCUT2D eigenvalue weighted by atomic mass is 9.50. The first-order valence-electron chi connectivity index (χ1n) is 24.7. The molecule has 65 heavy (non-hydrogen) atoms. The van der Waals surface area contributed by atoms with Gasteiger partial charge in [-0.1, -0.05) is 0 Å². The number of amidine groups is 5. The molecule has 0 saturated heterocycles. The number of hydrogen-bond donors (Lipinski definition) is 1. The molecule has 0 amide bonds. The topological polar surface area (TPSA) is 151 Å². The highest BCUT2D eigenvalue weighted by atomic mass is 28.4. The normalized spacial score (nSPS) is 40.5. The Balaban J connectivity index is 1.01. The van der Waals surface area contributed by atoms with Gasteiger partial charge in [-0.2, -0.15) is 0 Å². The quantitative estimate of drug-likeness (QED) is 0.245. The molecule has 1 unspecified atom stereocenters. The van der Waals surface area contributed by atoms with Crippen LogP contribution < -0.4 is 5.32 Å². The van der Waals surface area contributed by atoms with Crippen molar-refractivity contribution >= 4 is 73.0 Å². The zero-order valence-corrected chi connectivity index (χ0v) is 37.6. The van der Waals surface area contributed by atoms with Crippen LogP contribution in [0.25, 0.3) is 10.9 Å². The van der Waals surface area contributed by atoms with Gasteiger partial charge < -0.3 is 14.2 Å². The van der Waals surface area contributed by atoms with E-state index in [-0.39, 0.29) is 10.8 Å². The second-order valence-corrected chi connectivity index (χ2v) is 24.9. The monoisotopic (exact) mass is 880 g/mol. The molecule has 14 bridgehead atoms. The van der Waals surface area contributed by atoms with Gasteiger partial charge in [-0.15, -0.1) is 0 Å². The highest BCUT2D eigenvalue weighted by molar-refractivity contribution is 6.68. The van der Waals surface area contributed by atoms with E-state index in [1.54, 1.807) is 0 Å². The number of rotatable bonds is 6. The van der Waals surface area contributed by atoms with Crippen molar-refractivity contribution in [3.05, 3.63) is 70.5 Å². The van der Waals surface area contributed by atoms with E-state index in [4.69, 9.17) is 53.8 Å². The third-order valence-corrected chi connectivity index (χ3v) is 21.0. The van der Waals surface area contributed by atoms with Gasteiger partial charge in [0, 0.05) is 60.1 Å². The first-order valence-corrected chi connectivity index (χ1v) is 26.4. The fraction of sp³-hybridized carbons (Fsp3) is 0.540. The summed E-state index contributed by atoms with van der Waals surface area (Å²) in [6, 6.07) is 8.33. The van der Waals surface area contributed by atoms with E-state index in [1.165, 1.54) is 77.0 Å². The number of aromatic nitrogens is 3. The van der Waals surface area contributed by atoms with Crippen LogP contribution >= 0.6 is 0 Å². The predicted molar refractivity (Wildman–Crippen MR) is 251 cm³/mol. The van der Waals surface area contributed by atoms with Crippen molar-refractivity contribution in [2.24, 2.45) is 81.3 Å². The Morgan fingerprint density at radius 1 is 0.631 bits per heavy atom. The molecule has 328 valence electrons. The summed E-state index contributed by atoms with van der Waals surface area (Å²) in [4.78, 5) is 48.2. The number of nitrogens with one attached hydrogen (secondary N) is 1. The van der Waals surface area contributed by atoms with E-state index in [2.05, 4.69) is 26.2 Å². The lowest BCUT2D eigenvalue weighted by molar-refractivity contribution is -0.1000. The molecular weight excluding hydrogens is 829 g/mol. The molecule has 0 spiro atoms. The highest BCUT2D eigenvalue weighted by Crippen LogP contribution is 2.62. The smallest absolute Gasteiger partial charge is 0.361 e. The maximum Gasteiger partial charge on any atom is 0.599 e. The molecule has 15 aliphatic rings. The van der Waals surface area contributed by atoms with Crippen LogP contribution in [-0.2, 0) is 8.85 Å². The average Bonchev–Trinajstić information content (AvgIpc) is 4.02. The highest BCUT2D eigenvalue weighted by Gasteiger charge is 2.65. The third-order valence-electron chi connectivity index (χ3n) is 17.9. The molecule has 8 saturated carbocycles. The molecule has 0 aromatic carbocycles. The van der Waals surface area contributed by atoms with E-state index in [9.17, 15) is 0 Å². The Kier molecular flexibility index (Phi) is 7.38. The third kappa shape index (κ3) is 5.20. The fourth-order valence-electron chi connectivity index (χ4n) is 16.4. The Bertz CT molecular complexity index is 2870. The molecule has 14 nitrogen and oxygen atoms in total. The Morgan fingerprint density at radius 2 is 1.22 bits per heavy atom. The van der Waals surface area contributed by atoms with Crippen molar-refractivity contribution in [3.8, 4) is 0 Å². The van der Waals surface area contributed by atoms with Gasteiger partial charge in [0.15, 0.2) is 23.3 Å². The first kappa shape index (κ1) is 36.9. The maximum atomic E-state index is 8.34. The van der Waals surface area contributed by atoms with Crippen LogP contribution in [0.4, 0.5) is 11.6 Å². The van der Waals surface area contributed by atoms with Crippen LogP contribution in [0.1, 0.15) is 120 Å². The summed E-state index contributed by atoms with van der Waals surface area (Å²) in [5.74, 6) is 9.16. The lowest BCUT2D eigenvalue weighted by Crippen LogP contribution is -2.69. The number of pyridine rings is 2. The minimum Gasteiger partial charge on any atom is -0.361 e. The molecule has 7 aliphatic heterocycles.